The van der Waals surface area contributed by atoms with Gasteiger partial charge in [0.15, 0.2) is 0 Å². The first-order valence-electron chi connectivity index (χ1n) is 7.64. The molecule has 2 aromatic rings. The molecule has 1 saturated carbocycles. The van der Waals surface area contributed by atoms with Crippen molar-refractivity contribution in [2.24, 2.45) is 0 Å². The predicted octanol–water partition coefficient (Wildman–Crippen LogP) is 3.56. The number of halogens is 1. The molecule has 8 heteroatoms. The fourth-order valence-corrected chi connectivity index (χ4v) is 3.62. The van der Waals surface area contributed by atoms with Gasteiger partial charge in [0.2, 0.25) is 11.1 Å². The summed E-state index contributed by atoms with van der Waals surface area (Å²) in [6, 6.07) is 7.41. The number of amides is 1. The number of thioether (sulfide) groups is 1. The van der Waals surface area contributed by atoms with E-state index in [0.717, 1.165) is 18.5 Å². The van der Waals surface area contributed by atoms with E-state index in [1.165, 1.54) is 24.6 Å². The molecule has 122 valence electrons. The molecule has 0 radical (unpaired) electrons. The Morgan fingerprint density at radius 3 is 2.74 bits per heavy atom. The lowest BCUT2D eigenvalue weighted by molar-refractivity contribution is -0.115. The van der Waals surface area contributed by atoms with Gasteiger partial charge < -0.3 is 5.32 Å². The van der Waals surface area contributed by atoms with E-state index in [1.807, 2.05) is 11.6 Å². The van der Waals surface area contributed by atoms with E-state index in [2.05, 4.69) is 20.8 Å². The third-order valence-electron chi connectivity index (χ3n) is 3.90. The summed E-state index contributed by atoms with van der Waals surface area (Å²) in [4.78, 5) is 12.3. The Hall–Kier alpha value is -1.60. The van der Waals surface area contributed by atoms with Crippen LogP contribution in [-0.4, -0.2) is 31.4 Å². The van der Waals surface area contributed by atoms with Gasteiger partial charge in [0, 0.05) is 10.7 Å². The van der Waals surface area contributed by atoms with E-state index in [0.29, 0.717) is 16.2 Å². The third-order valence-corrected chi connectivity index (χ3v) is 5.20. The van der Waals surface area contributed by atoms with Gasteiger partial charge >= 0.3 is 0 Å². The van der Waals surface area contributed by atoms with Crippen LogP contribution in [0.25, 0.3) is 0 Å². The minimum Gasteiger partial charge on any atom is -0.325 e. The molecule has 6 nitrogen and oxygen atoms in total. The van der Waals surface area contributed by atoms with E-state index in [4.69, 9.17) is 11.6 Å². The molecule has 1 aliphatic rings. The second-order valence-electron chi connectivity index (χ2n) is 5.60. The van der Waals surface area contributed by atoms with Crippen LogP contribution >= 0.6 is 23.4 Å². The van der Waals surface area contributed by atoms with Gasteiger partial charge in [-0.05, 0) is 54.5 Å². The number of nitrogens with zero attached hydrogens (tertiary/aromatic N) is 4. The lowest BCUT2D eigenvalue weighted by Crippen LogP contribution is -2.23. The maximum absolute atomic E-state index is 12.3. The van der Waals surface area contributed by atoms with Gasteiger partial charge in [0.1, 0.15) is 0 Å². The van der Waals surface area contributed by atoms with Gasteiger partial charge in [0.25, 0.3) is 0 Å². The van der Waals surface area contributed by atoms with Crippen molar-refractivity contribution in [2.75, 3.05) is 5.32 Å². The average Bonchev–Trinajstić information content (AvgIpc) is 3.20. The highest BCUT2D eigenvalue weighted by Gasteiger charge is 2.24. The predicted molar refractivity (Wildman–Crippen MR) is 90.7 cm³/mol. The Balaban J connectivity index is 1.62. The Labute approximate surface area is 144 Å². The van der Waals surface area contributed by atoms with Crippen molar-refractivity contribution in [3.05, 3.63) is 29.3 Å². The third kappa shape index (κ3) is 4.03. The zero-order chi connectivity index (χ0) is 16.2. The smallest absolute Gasteiger partial charge is 0.237 e. The quantitative estimate of drug-likeness (QED) is 0.834. The summed E-state index contributed by atoms with van der Waals surface area (Å²) in [5, 5.41) is 15.9. The van der Waals surface area contributed by atoms with Crippen LogP contribution in [0.1, 0.15) is 38.6 Å². The lowest BCUT2D eigenvalue weighted by Gasteiger charge is -2.14. The van der Waals surface area contributed by atoms with Crippen LogP contribution in [0.15, 0.2) is 29.4 Å². The minimum absolute atomic E-state index is 0.0849. The van der Waals surface area contributed by atoms with Crippen LogP contribution in [0.3, 0.4) is 0 Å². The maximum atomic E-state index is 12.3. The number of tetrazole rings is 1. The van der Waals surface area contributed by atoms with Crippen molar-refractivity contribution in [1.29, 1.82) is 0 Å². The fraction of sp³-hybridized carbons (Fsp3) is 0.467. The summed E-state index contributed by atoms with van der Waals surface area (Å²) in [5.41, 5.74) is 0.724. The molecule has 1 N–H and O–H groups in total. The molecular weight excluding hydrogens is 334 g/mol. The maximum Gasteiger partial charge on any atom is 0.237 e. The molecule has 1 aromatic carbocycles. The summed E-state index contributed by atoms with van der Waals surface area (Å²) in [5.74, 6) is -0.0849. The number of anilines is 1. The minimum atomic E-state index is -0.295. The largest absolute Gasteiger partial charge is 0.325 e. The van der Waals surface area contributed by atoms with Crippen LogP contribution in [-0.2, 0) is 4.79 Å². The van der Waals surface area contributed by atoms with Crippen LogP contribution in [0.2, 0.25) is 5.02 Å². The van der Waals surface area contributed by atoms with Crippen molar-refractivity contribution in [3.63, 3.8) is 0 Å². The SMILES string of the molecule is CC(Sc1nnnn1C1CCCC1)C(=O)Nc1ccc(Cl)cc1. The van der Waals surface area contributed by atoms with Crippen molar-refractivity contribution >= 4 is 35.0 Å². The molecule has 23 heavy (non-hydrogen) atoms. The van der Waals surface area contributed by atoms with Gasteiger partial charge in [-0.15, -0.1) is 5.10 Å². The number of rotatable bonds is 5. The molecule has 0 bridgehead atoms. The summed E-state index contributed by atoms with van der Waals surface area (Å²) in [6.45, 7) is 1.85. The average molecular weight is 352 g/mol. The number of carbonyl (C=O) groups is 1. The first-order chi connectivity index (χ1) is 11.1. The van der Waals surface area contributed by atoms with E-state index < -0.39 is 0 Å². The molecule has 1 heterocycles. The van der Waals surface area contributed by atoms with E-state index in [1.54, 1.807) is 24.3 Å². The summed E-state index contributed by atoms with van der Waals surface area (Å²) < 4.78 is 1.86. The second-order valence-corrected chi connectivity index (χ2v) is 7.34. The van der Waals surface area contributed by atoms with E-state index >= 15 is 0 Å². The Morgan fingerprint density at radius 1 is 1.35 bits per heavy atom. The molecule has 1 unspecified atom stereocenters. The molecular formula is C15H18ClN5OS. The van der Waals surface area contributed by atoms with E-state index in [-0.39, 0.29) is 11.2 Å². The Kier molecular flexibility index (Phi) is 5.17. The number of carbonyl (C=O) groups excluding carboxylic acids is 1. The first kappa shape index (κ1) is 16.3. The highest BCUT2D eigenvalue weighted by Crippen LogP contribution is 2.32. The highest BCUT2D eigenvalue weighted by atomic mass is 35.5. The lowest BCUT2D eigenvalue weighted by atomic mass is 10.3. The first-order valence-corrected chi connectivity index (χ1v) is 8.90. The summed E-state index contributed by atoms with van der Waals surface area (Å²) in [6.07, 6.45) is 4.62. The summed E-state index contributed by atoms with van der Waals surface area (Å²) in [7, 11) is 0. The monoisotopic (exact) mass is 351 g/mol. The van der Waals surface area contributed by atoms with Crippen LogP contribution < -0.4 is 5.32 Å². The van der Waals surface area contributed by atoms with Crippen molar-refractivity contribution in [2.45, 2.75) is 49.1 Å². The second kappa shape index (κ2) is 7.31. The molecule has 0 aliphatic heterocycles. The number of benzene rings is 1. The number of nitrogens with one attached hydrogen (secondary N) is 1. The topological polar surface area (TPSA) is 72.7 Å². The molecule has 1 aliphatic carbocycles. The zero-order valence-corrected chi connectivity index (χ0v) is 14.3. The Morgan fingerprint density at radius 2 is 2.04 bits per heavy atom. The molecule has 3 rings (SSSR count). The molecule has 1 amide bonds. The number of hydrogen-bond donors (Lipinski definition) is 1. The van der Waals surface area contributed by atoms with E-state index in [9.17, 15) is 4.79 Å². The van der Waals surface area contributed by atoms with Crippen molar-refractivity contribution in [1.82, 2.24) is 20.2 Å². The van der Waals surface area contributed by atoms with Gasteiger partial charge in [0.05, 0.1) is 11.3 Å². The molecule has 1 atom stereocenters. The number of aromatic nitrogens is 4. The molecule has 0 saturated heterocycles. The van der Waals surface area contributed by atoms with Gasteiger partial charge in [-0.2, -0.15) is 0 Å². The zero-order valence-electron chi connectivity index (χ0n) is 12.8. The van der Waals surface area contributed by atoms with Crippen LogP contribution in [0.4, 0.5) is 5.69 Å². The van der Waals surface area contributed by atoms with Gasteiger partial charge in [-0.25, -0.2) is 4.68 Å². The van der Waals surface area contributed by atoms with Crippen molar-refractivity contribution < 1.29 is 4.79 Å². The molecule has 1 aromatic heterocycles. The molecule has 1 fully saturated rings. The van der Waals surface area contributed by atoms with Gasteiger partial charge in [-0.1, -0.05) is 36.2 Å². The van der Waals surface area contributed by atoms with Gasteiger partial charge in [-0.3, -0.25) is 4.79 Å². The fourth-order valence-electron chi connectivity index (χ4n) is 2.63. The highest BCUT2D eigenvalue weighted by molar-refractivity contribution is 8.00. The summed E-state index contributed by atoms with van der Waals surface area (Å²) >= 11 is 7.23. The van der Waals surface area contributed by atoms with Crippen LogP contribution in [0, 0.1) is 0 Å². The number of hydrogen-bond acceptors (Lipinski definition) is 5. The normalized spacial score (nSPS) is 16.4. The van der Waals surface area contributed by atoms with Crippen molar-refractivity contribution in [3.8, 4) is 0 Å². The standard InChI is InChI=1S/C15H18ClN5OS/c1-10(14(22)17-12-8-6-11(16)7-9-12)23-15-18-19-20-21(15)13-4-2-3-5-13/h6-10,13H,2-5H2,1H3,(H,17,22). The molecule has 0 spiro atoms. The Bertz CT molecular complexity index is 669. The van der Waals surface area contributed by atoms with Crippen LogP contribution in [0.5, 0.6) is 0 Å².